The van der Waals surface area contributed by atoms with Crippen molar-refractivity contribution in [2.24, 2.45) is 5.41 Å². The molecule has 2 unspecified atom stereocenters. The molecule has 2 aliphatic carbocycles. The van der Waals surface area contributed by atoms with E-state index < -0.39 is 5.60 Å². The minimum atomic E-state index is -0.675. The lowest BCUT2D eigenvalue weighted by atomic mass is 9.93. The van der Waals surface area contributed by atoms with Crippen LogP contribution in [0, 0.1) is 11.2 Å². The second kappa shape index (κ2) is 3.43. The summed E-state index contributed by atoms with van der Waals surface area (Å²) in [6.07, 6.45) is 5.99. The van der Waals surface area contributed by atoms with Crippen molar-refractivity contribution < 1.29 is 9.50 Å². The van der Waals surface area contributed by atoms with Crippen molar-refractivity contribution in [3.05, 3.63) is 53.6 Å². The van der Waals surface area contributed by atoms with E-state index in [1.807, 2.05) is 17.0 Å². The Bertz CT molecular complexity index is 781. The van der Waals surface area contributed by atoms with Gasteiger partial charge in [0.25, 0.3) is 0 Å². The van der Waals surface area contributed by atoms with E-state index in [1.165, 1.54) is 12.1 Å². The Kier molecular flexibility index (Phi) is 1.90. The quantitative estimate of drug-likeness (QED) is 0.833. The molecular weight excluding hydrogens is 269 g/mol. The van der Waals surface area contributed by atoms with Gasteiger partial charge in [-0.25, -0.2) is 9.07 Å². The predicted molar refractivity (Wildman–Crippen MR) is 75.5 cm³/mol. The number of aromatic nitrogens is 2. The maximum absolute atomic E-state index is 13.1. The lowest BCUT2D eigenvalue weighted by Crippen LogP contribution is -2.24. The van der Waals surface area contributed by atoms with Crippen LogP contribution < -0.4 is 5.32 Å². The van der Waals surface area contributed by atoms with Gasteiger partial charge in [-0.05, 0) is 30.3 Å². The van der Waals surface area contributed by atoms with Gasteiger partial charge in [-0.2, -0.15) is 5.10 Å². The largest absolute Gasteiger partial charge is 0.387 e. The average molecular weight is 283 g/mol. The summed E-state index contributed by atoms with van der Waals surface area (Å²) >= 11 is 0. The number of rotatable bonds is 1. The van der Waals surface area contributed by atoms with Gasteiger partial charge >= 0.3 is 0 Å². The SMILES string of the molecule is OC12CNC[C@@]13C=Cc1c(cnn1-c1ccc(F)cc1)C23. The Morgan fingerprint density at radius 1 is 1.29 bits per heavy atom. The molecule has 2 heterocycles. The highest BCUT2D eigenvalue weighted by molar-refractivity contribution is 5.66. The number of hydrogen-bond acceptors (Lipinski definition) is 3. The highest BCUT2D eigenvalue weighted by Gasteiger charge is 2.79. The van der Waals surface area contributed by atoms with Gasteiger partial charge in [-0.1, -0.05) is 6.08 Å². The van der Waals surface area contributed by atoms with Crippen LogP contribution in [-0.2, 0) is 0 Å². The number of benzene rings is 1. The van der Waals surface area contributed by atoms with Gasteiger partial charge in [0.15, 0.2) is 0 Å². The van der Waals surface area contributed by atoms with Crippen LogP contribution in [0.15, 0.2) is 36.5 Å². The summed E-state index contributed by atoms with van der Waals surface area (Å²) in [6.45, 7) is 1.44. The van der Waals surface area contributed by atoms with Crippen molar-refractivity contribution >= 4 is 6.08 Å². The number of hydrogen-bond donors (Lipinski definition) is 2. The zero-order valence-corrected chi connectivity index (χ0v) is 11.3. The van der Waals surface area contributed by atoms with E-state index in [4.69, 9.17) is 0 Å². The molecule has 5 rings (SSSR count). The molecule has 1 aromatic heterocycles. The lowest BCUT2D eigenvalue weighted by Gasteiger charge is -2.15. The molecule has 4 nitrogen and oxygen atoms in total. The summed E-state index contributed by atoms with van der Waals surface area (Å²) in [5, 5.41) is 18.5. The first-order valence-corrected chi connectivity index (χ1v) is 7.12. The van der Waals surface area contributed by atoms with Crippen LogP contribution in [0.25, 0.3) is 11.8 Å². The minimum Gasteiger partial charge on any atom is -0.387 e. The third-order valence-corrected chi connectivity index (χ3v) is 5.28. The molecule has 1 spiro atoms. The van der Waals surface area contributed by atoms with Gasteiger partial charge in [0, 0.05) is 30.0 Å². The summed E-state index contributed by atoms with van der Waals surface area (Å²) in [5.41, 5.74) is 2.07. The van der Waals surface area contributed by atoms with E-state index in [0.717, 1.165) is 23.5 Å². The van der Waals surface area contributed by atoms with Gasteiger partial charge in [-0.3, -0.25) is 0 Å². The van der Waals surface area contributed by atoms with Crippen molar-refractivity contribution in [2.45, 2.75) is 11.5 Å². The number of nitrogens with zero attached hydrogens (tertiary/aromatic N) is 2. The van der Waals surface area contributed by atoms with Gasteiger partial charge in [0.05, 0.1) is 23.2 Å². The zero-order chi connectivity index (χ0) is 14.2. The third kappa shape index (κ3) is 1.20. The fourth-order valence-electron chi connectivity index (χ4n) is 4.20. The molecule has 106 valence electrons. The van der Waals surface area contributed by atoms with Crippen LogP contribution in [0.2, 0.25) is 0 Å². The highest BCUT2D eigenvalue weighted by atomic mass is 19.1. The second-order valence-corrected chi connectivity index (χ2v) is 6.21. The molecule has 1 aliphatic heterocycles. The smallest absolute Gasteiger partial charge is 0.123 e. The minimum absolute atomic E-state index is 0.125. The Hall–Kier alpha value is -1.98. The van der Waals surface area contributed by atoms with E-state index in [1.54, 1.807) is 12.1 Å². The van der Waals surface area contributed by atoms with E-state index in [-0.39, 0.29) is 17.2 Å². The van der Waals surface area contributed by atoms with Crippen molar-refractivity contribution in [3.63, 3.8) is 0 Å². The Morgan fingerprint density at radius 3 is 2.90 bits per heavy atom. The molecule has 21 heavy (non-hydrogen) atoms. The van der Waals surface area contributed by atoms with Crippen molar-refractivity contribution in [2.75, 3.05) is 13.1 Å². The molecule has 2 fully saturated rings. The number of fused-ring (bicyclic) bond motifs is 3. The molecule has 0 radical (unpaired) electrons. The lowest BCUT2D eigenvalue weighted by molar-refractivity contribution is 0.138. The van der Waals surface area contributed by atoms with Crippen LogP contribution in [0.4, 0.5) is 4.39 Å². The molecule has 0 bridgehead atoms. The molecule has 3 atom stereocenters. The van der Waals surface area contributed by atoms with Crippen LogP contribution >= 0.6 is 0 Å². The average Bonchev–Trinajstić information content (AvgIpc) is 2.83. The first-order valence-electron chi connectivity index (χ1n) is 7.12. The summed E-state index contributed by atoms with van der Waals surface area (Å²) < 4.78 is 14.9. The Balaban J connectivity index is 1.64. The number of piperidine rings is 1. The van der Waals surface area contributed by atoms with Crippen LogP contribution in [0.5, 0.6) is 0 Å². The van der Waals surface area contributed by atoms with Crippen LogP contribution in [0.1, 0.15) is 17.2 Å². The van der Waals surface area contributed by atoms with Crippen LogP contribution in [-0.4, -0.2) is 33.6 Å². The van der Waals surface area contributed by atoms with Gasteiger partial charge in [-0.15, -0.1) is 0 Å². The normalized spacial score (nSPS) is 35.2. The topological polar surface area (TPSA) is 50.1 Å². The monoisotopic (exact) mass is 283 g/mol. The van der Waals surface area contributed by atoms with E-state index in [2.05, 4.69) is 16.5 Å². The molecule has 1 saturated carbocycles. The first kappa shape index (κ1) is 11.7. The highest BCUT2D eigenvalue weighted by Crippen LogP contribution is 2.72. The second-order valence-electron chi connectivity index (χ2n) is 6.21. The number of aliphatic hydroxyl groups is 1. The zero-order valence-electron chi connectivity index (χ0n) is 11.3. The number of halogens is 1. The van der Waals surface area contributed by atoms with Crippen LogP contribution in [0.3, 0.4) is 0 Å². The predicted octanol–water partition coefficient (Wildman–Crippen LogP) is 1.46. The fourth-order valence-corrected chi connectivity index (χ4v) is 4.20. The maximum atomic E-state index is 13.1. The van der Waals surface area contributed by atoms with Gasteiger partial charge in [0.1, 0.15) is 5.82 Å². The van der Waals surface area contributed by atoms with Crippen molar-refractivity contribution in [3.8, 4) is 5.69 Å². The Labute approximate surface area is 120 Å². The number of β-amino-alcohol motifs (C(OH)–C–C–N with tert-alkyl or cyclic N) is 1. The summed E-state index contributed by atoms with van der Waals surface area (Å²) in [5.74, 6) is -0.133. The molecule has 2 N–H and O–H groups in total. The molecule has 1 saturated heterocycles. The fraction of sp³-hybridized carbons (Fsp3) is 0.312. The molecule has 3 aliphatic rings. The summed E-state index contributed by atoms with van der Waals surface area (Å²) in [4.78, 5) is 0. The summed E-state index contributed by atoms with van der Waals surface area (Å²) in [7, 11) is 0. The molecular formula is C16H14FN3O. The van der Waals surface area contributed by atoms with E-state index in [0.29, 0.717) is 6.54 Å². The van der Waals surface area contributed by atoms with Crippen molar-refractivity contribution in [1.29, 1.82) is 0 Å². The molecule has 5 heteroatoms. The molecule has 0 amide bonds. The van der Waals surface area contributed by atoms with Crippen molar-refractivity contribution in [1.82, 2.24) is 15.1 Å². The maximum Gasteiger partial charge on any atom is 0.123 e. The first-order chi connectivity index (χ1) is 10.2. The molecule has 1 aromatic carbocycles. The Morgan fingerprint density at radius 2 is 2.10 bits per heavy atom. The molecule has 2 aromatic rings. The van der Waals surface area contributed by atoms with Gasteiger partial charge in [0.2, 0.25) is 0 Å². The van der Waals surface area contributed by atoms with E-state index in [9.17, 15) is 9.50 Å². The summed E-state index contributed by atoms with van der Waals surface area (Å²) in [6, 6.07) is 6.29. The third-order valence-electron chi connectivity index (χ3n) is 5.28. The number of nitrogens with one attached hydrogen (secondary N) is 1. The standard InChI is InChI=1S/C16H14FN3O/c17-10-1-3-11(4-2-10)20-13-5-6-15-8-18-9-16(15,21)14(15)12(13)7-19-20/h1-7,14,18,21H,8-9H2/t14?,15-,16?/m1/s1. The van der Waals surface area contributed by atoms with E-state index >= 15 is 0 Å². The van der Waals surface area contributed by atoms with Gasteiger partial charge < -0.3 is 10.4 Å².